The van der Waals surface area contributed by atoms with Crippen molar-refractivity contribution in [2.45, 2.75) is 46.1 Å². The van der Waals surface area contributed by atoms with Crippen molar-refractivity contribution in [3.63, 3.8) is 0 Å². The van der Waals surface area contributed by atoms with Crippen molar-refractivity contribution < 1.29 is 0 Å². The molecule has 0 aliphatic heterocycles. The summed E-state index contributed by atoms with van der Waals surface area (Å²) in [6.45, 7) is 8.03. The third kappa shape index (κ3) is 6.39. The Hall–Kier alpha value is 0.310. The molecule has 1 unspecified atom stereocenters. The van der Waals surface area contributed by atoms with Crippen LogP contribution in [0.15, 0.2) is 0 Å². The minimum atomic E-state index is 0.718. The minimum Gasteiger partial charge on any atom is -0.313 e. The van der Waals surface area contributed by atoms with Crippen LogP contribution in [0.5, 0.6) is 0 Å². The zero-order chi connectivity index (χ0) is 10.1. The predicted molar refractivity (Wildman–Crippen MR) is 64.5 cm³/mol. The van der Waals surface area contributed by atoms with E-state index >= 15 is 0 Å². The first-order chi connectivity index (χ1) is 6.28. The fourth-order valence-electron chi connectivity index (χ4n) is 1.43. The molecule has 0 aromatic heterocycles. The molecule has 0 aromatic rings. The summed E-state index contributed by atoms with van der Waals surface area (Å²) in [5.41, 5.74) is 0. The number of nitrogens with one attached hydrogen (secondary N) is 1. The molecule has 0 rings (SSSR count). The second-order valence-electron chi connectivity index (χ2n) is 3.65. The quantitative estimate of drug-likeness (QED) is 0.650. The molecule has 0 heterocycles. The van der Waals surface area contributed by atoms with E-state index in [2.05, 4.69) is 32.3 Å². The van der Waals surface area contributed by atoms with Gasteiger partial charge in [0.1, 0.15) is 0 Å². The van der Waals surface area contributed by atoms with E-state index in [-0.39, 0.29) is 0 Å². The number of thioether (sulfide) groups is 1. The molecule has 80 valence electrons. The number of hydrogen-bond acceptors (Lipinski definition) is 2. The lowest BCUT2D eigenvalue weighted by atomic mass is 10.0. The lowest BCUT2D eigenvalue weighted by Crippen LogP contribution is -2.34. The topological polar surface area (TPSA) is 12.0 Å². The molecule has 0 fully saturated rings. The Morgan fingerprint density at radius 3 is 2.08 bits per heavy atom. The van der Waals surface area contributed by atoms with Gasteiger partial charge in [0.15, 0.2) is 0 Å². The summed E-state index contributed by atoms with van der Waals surface area (Å²) < 4.78 is 0. The Bertz CT molecular complexity index is 102. The van der Waals surface area contributed by atoms with Crippen LogP contribution in [0.3, 0.4) is 0 Å². The van der Waals surface area contributed by atoms with Gasteiger partial charge < -0.3 is 5.32 Å². The average Bonchev–Trinajstić information content (AvgIpc) is 2.17. The van der Waals surface area contributed by atoms with Crippen LogP contribution in [0, 0.1) is 5.92 Å². The molecule has 0 radical (unpaired) electrons. The molecular weight excluding hydrogens is 178 g/mol. The summed E-state index contributed by atoms with van der Waals surface area (Å²) in [7, 11) is 0. The predicted octanol–water partition coefficient (Wildman–Crippen LogP) is 3.15. The lowest BCUT2D eigenvalue weighted by molar-refractivity contribution is 0.415. The van der Waals surface area contributed by atoms with E-state index in [0.717, 1.165) is 12.0 Å². The van der Waals surface area contributed by atoms with Crippen LogP contribution in [0.25, 0.3) is 0 Å². The van der Waals surface area contributed by atoms with Gasteiger partial charge in [-0.1, -0.05) is 33.6 Å². The maximum Gasteiger partial charge on any atom is 0.0155 e. The molecule has 0 spiro atoms. The van der Waals surface area contributed by atoms with Gasteiger partial charge in [-0.05, 0) is 25.1 Å². The largest absolute Gasteiger partial charge is 0.313 e. The monoisotopic (exact) mass is 203 g/mol. The Morgan fingerprint density at radius 2 is 1.69 bits per heavy atom. The van der Waals surface area contributed by atoms with E-state index in [4.69, 9.17) is 0 Å². The van der Waals surface area contributed by atoms with Gasteiger partial charge >= 0.3 is 0 Å². The molecule has 0 saturated heterocycles. The molecule has 1 nitrogen and oxygen atoms in total. The van der Waals surface area contributed by atoms with Crippen LogP contribution in [0.2, 0.25) is 0 Å². The molecule has 0 aliphatic rings. The van der Waals surface area contributed by atoms with Crippen LogP contribution in [-0.4, -0.2) is 24.6 Å². The van der Waals surface area contributed by atoms with Crippen LogP contribution in [0.4, 0.5) is 0 Å². The van der Waals surface area contributed by atoms with Gasteiger partial charge in [-0.15, -0.1) is 0 Å². The van der Waals surface area contributed by atoms with Crippen molar-refractivity contribution in [3.05, 3.63) is 0 Å². The van der Waals surface area contributed by atoms with Crippen molar-refractivity contribution in [2.24, 2.45) is 5.92 Å². The molecule has 0 saturated carbocycles. The molecule has 0 aliphatic carbocycles. The van der Waals surface area contributed by atoms with Gasteiger partial charge in [-0.25, -0.2) is 0 Å². The standard InChI is InChI=1S/C11H25NS/c1-5-10(6-2)8-12-11(7-3)9-13-4/h10-12H,5-9H2,1-4H3. The summed E-state index contributed by atoms with van der Waals surface area (Å²) >= 11 is 1.94. The fraction of sp³-hybridized carbons (Fsp3) is 1.00. The number of rotatable bonds is 8. The fourth-order valence-corrected chi connectivity index (χ4v) is 2.19. The Kier molecular flexibility index (Phi) is 9.10. The first kappa shape index (κ1) is 13.3. The SMILES string of the molecule is CCC(CC)CNC(CC)CSC. The first-order valence-electron chi connectivity index (χ1n) is 5.50. The summed E-state index contributed by atoms with van der Waals surface area (Å²) in [6.07, 6.45) is 6.04. The van der Waals surface area contributed by atoms with Crippen molar-refractivity contribution in [3.8, 4) is 0 Å². The summed E-state index contributed by atoms with van der Waals surface area (Å²) in [5, 5.41) is 3.65. The van der Waals surface area contributed by atoms with Crippen molar-refractivity contribution in [2.75, 3.05) is 18.6 Å². The van der Waals surface area contributed by atoms with Crippen LogP contribution in [-0.2, 0) is 0 Å². The third-order valence-corrected chi connectivity index (χ3v) is 3.45. The summed E-state index contributed by atoms with van der Waals surface area (Å²) in [6, 6.07) is 0.718. The molecule has 0 bridgehead atoms. The first-order valence-corrected chi connectivity index (χ1v) is 6.90. The molecule has 0 aromatic carbocycles. The Labute approximate surface area is 88.1 Å². The maximum atomic E-state index is 3.65. The summed E-state index contributed by atoms with van der Waals surface area (Å²) in [4.78, 5) is 0. The molecule has 2 heteroatoms. The van der Waals surface area contributed by atoms with Crippen molar-refractivity contribution >= 4 is 11.8 Å². The van der Waals surface area contributed by atoms with Gasteiger partial charge in [0.25, 0.3) is 0 Å². The van der Waals surface area contributed by atoms with E-state index in [1.165, 1.54) is 31.6 Å². The minimum absolute atomic E-state index is 0.718. The highest BCUT2D eigenvalue weighted by Gasteiger charge is 2.07. The molecule has 0 amide bonds. The van der Waals surface area contributed by atoms with Crippen LogP contribution >= 0.6 is 11.8 Å². The van der Waals surface area contributed by atoms with Gasteiger partial charge in [0.05, 0.1) is 0 Å². The maximum absolute atomic E-state index is 3.65. The normalized spacial score (nSPS) is 13.6. The molecule has 1 N–H and O–H groups in total. The highest BCUT2D eigenvalue weighted by atomic mass is 32.2. The van der Waals surface area contributed by atoms with Crippen molar-refractivity contribution in [1.82, 2.24) is 5.32 Å². The lowest BCUT2D eigenvalue weighted by Gasteiger charge is -2.19. The van der Waals surface area contributed by atoms with Crippen molar-refractivity contribution in [1.29, 1.82) is 0 Å². The van der Waals surface area contributed by atoms with E-state index in [9.17, 15) is 0 Å². The molecule has 13 heavy (non-hydrogen) atoms. The van der Waals surface area contributed by atoms with Crippen LogP contribution in [0.1, 0.15) is 40.0 Å². The van der Waals surface area contributed by atoms with E-state index in [1.54, 1.807) is 0 Å². The molecular formula is C11H25NS. The van der Waals surface area contributed by atoms with Gasteiger partial charge in [0.2, 0.25) is 0 Å². The van der Waals surface area contributed by atoms with E-state index < -0.39 is 0 Å². The number of hydrogen-bond donors (Lipinski definition) is 1. The Morgan fingerprint density at radius 1 is 1.08 bits per heavy atom. The van der Waals surface area contributed by atoms with Gasteiger partial charge in [-0.3, -0.25) is 0 Å². The highest BCUT2D eigenvalue weighted by molar-refractivity contribution is 7.98. The third-order valence-electron chi connectivity index (χ3n) is 2.71. The second kappa shape index (κ2) is 8.89. The summed E-state index contributed by atoms with van der Waals surface area (Å²) in [5.74, 6) is 2.12. The Balaban J connectivity index is 3.56. The van der Waals surface area contributed by atoms with Crippen LogP contribution < -0.4 is 5.32 Å². The molecule has 1 atom stereocenters. The van der Waals surface area contributed by atoms with Gasteiger partial charge in [-0.2, -0.15) is 11.8 Å². The average molecular weight is 203 g/mol. The van der Waals surface area contributed by atoms with E-state index in [1.807, 2.05) is 11.8 Å². The zero-order valence-electron chi connectivity index (χ0n) is 9.60. The second-order valence-corrected chi connectivity index (χ2v) is 4.56. The smallest absolute Gasteiger partial charge is 0.0155 e. The van der Waals surface area contributed by atoms with Gasteiger partial charge in [0, 0.05) is 11.8 Å². The highest BCUT2D eigenvalue weighted by Crippen LogP contribution is 2.07. The zero-order valence-corrected chi connectivity index (χ0v) is 10.4. The van der Waals surface area contributed by atoms with E-state index in [0.29, 0.717) is 0 Å².